The average Bonchev–Trinajstić information content (AvgIpc) is 3.02. The first-order valence-electron chi connectivity index (χ1n) is 6.33. The quantitative estimate of drug-likeness (QED) is 0.909. The van der Waals surface area contributed by atoms with Gasteiger partial charge in [0.1, 0.15) is 11.4 Å². The molecule has 0 spiro atoms. The molecule has 1 aromatic carbocycles. The molecule has 1 saturated heterocycles. The summed E-state index contributed by atoms with van der Waals surface area (Å²) in [4.78, 5) is 12.6. The Hall–Kier alpha value is -1.50. The van der Waals surface area contributed by atoms with Crippen LogP contribution in [0.4, 0.5) is 4.39 Å². The molecule has 1 atom stereocenters. The third-order valence-corrected chi connectivity index (χ3v) is 4.48. The van der Waals surface area contributed by atoms with Crippen LogP contribution in [0.15, 0.2) is 24.3 Å². The van der Waals surface area contributed by atoms with Crippen molar-refractivity contribution in [2.75, 3.05) is 19.8 Å². The molecule has 2 aromatic rings. The van der Waals surface area contributed by atoms with E-state index < -0.39 is 5.60 Å². The van der Waals surface area contributed by atoms with E-state index in [0.717, 1.165) is 4.70 Å². The molecule has 4 nitrogen and oxygen atoms in total. The molecule has 6 heteroatoms. The molecule has 1 amide bonds. The number of carbonyl (C=O) groups is 1. The second kappa shape index (κ2) is 5.12. The van der Waals surface area contributed by atoms with Crippen LogP contribution in [0.1, 0.15) is 16.1 Å². The monoisotopic (exact) mass is 295 g/mol. The van der Waals surface area contributed by atoms with Crippen LogP contribution in [0.5, 0.6) is 0 Å². The number of rotatable bonds is 3. The molecule has 106 valence electrons. The number of ether oxygens (including phenoxy) is 1. The molecular formula is C14H14FNO3S. The average molecular weight is 295 g/mol. The van der Waals surface area contributed by atoms with Crippen LogP contribution >= 0.6 is 11.3 Å². The molecule has 1 unspecified atom stereocenters. The molecule has 0 aliphatic carbocycles. The minimum atomic E-state index is -0.974. The smallest absolute Gasteiger partial charge is 0.261 e. The van der Waals surface area contributed by atoms with Crippen molar-refractivity contribution in [2.45, 2.75) is 12.0 Å². The van der Waals surface area contributed by atoms with Gasteiger partial charge in [-0.25, -0.2) is 4.39 Å². The van der Waals surface area contributed by atoms with Crippen LogP contribution in [0.2, 0.25) is 0 Å². The summed E-state index contributed by atoms with van der Waals surface area (Å²) in [5.41, 5.74) is -0.974. The van der Waals surface area contributed by atoms with Crippen LogP contribution in [-0.4, -0.2) is 36.4 Å². The molecule has 1 aliphatic heterocycles. The Morgan fingerprint density at radius 1 is 1.50 bits per heavy atom. The maximum absolute atomic E-state index is 13.1. The van der Waals surface area contributed by atoms with E-state index in [-0.39, 0.29) is 24.9 Å². The molecule has 1 fully saturated rings. The number of hydrogen-bond donors (Lipinski definition) is 2. The Morgan fingerprint density at radius 3 is 3.10 bits per heavy atom. The Morgan fingerprint density at radius 2 is 2.35 bits per heavy atom. The lowest BCUT2D eigenvalue weighted by Gasteiger charge is -2.20. The third kappa shape index (κ3) is 2.67. The summed E-state index contributed by atoms with van der Waals surface area (Å²) in [5.74, 6) is -0.577. The van der Waals surface area contributed by atoms with Crippen LogP contribution in [0.3, 0.4) is 0 Å². The molecule has 20 heavy (non-hydrogen) atoms. The summed E-state index contributed by atoms with van der Waals surface area (Å²) in [5, 5.41) is 13.5. The molecule has 1 aliphatic rings. The summed E-state index contributed by atoms with van der Waals surface area (Å²) in [6, 6.07) is 6.10. The Kier molecular flexibility index (Phi) is 3.45. The van der Waals surface area contributed by atoms with Crippen molar-refractivity contribution in [1.82, 2.24) is 5.32 Å². The van der Waals surface area contributed by atoms with Gasteiger partial charge in [0.2, 0.25) is 0 Å². The summed E-state index contributed by atoms with van der Waals surface area (Å²) in [6.07, 6.45) is 0.519. The van der Waals surface area contributed by atoms with E-state index in [1.807, 2.05) is 0 Å². The number of hydrogen-bond acceptors (Lipinski definition) is 4. The van der Waals surface area contributed by atoms with Gasteiger partial charge in [0.05, 0.1) is 11.5 Å². The van der Waals surface area contributed by atoms with Crippen molar-refractivity contribution in [1.29, 1.82) is 0 Å². The molecule has 1 aromatic heterocycles. The third-order valence-electron chi connectivity index (χ3n) is 3.36. The Bertz CT molecular complexity index is 649. The number of carbonyl (C=O) groups excluding carboxylic acids is 1. The summed E-state index contributed by atoms with van der Waals surface area (Å²) < 4.78 is 19.1. The van der Waals surface area contributed by atoms with Gasteiger partial charge in [-0.3, -0.25) is 4.79 Å². The topological polar surface area (TPSA) is 58.6 Å². The lowest BCUT2D eigenvalue weighted by molar-refractivity contribution is 0.0265. The number of aliphatic hydroxyl groups is 1. The minimum Gasteiger partial charge on any atom is -0.386 e. The van der Waals surface area contributed by atoms with Crippen molar-refractivity contribution >= 4 is 27.3 Å². The van der Waals surface area contributed by atoms with Crippen molar-refractivity contribution in [2.24, 2.45) is 0 Å². The number of halogens is 1. The molecular weight excluding hydrogens is 281 g/mol. The van der Waals surface area contributed by atoms with E-state index in [1.165, 1.54) is 23.5 Å². The summed E-state index contributed by atoms with van der Waals surface area (Å²) >= 11 is 1.30. The molecule has 0 radical (unpaired) electrons. The number of amides is 1. The maximum atomic E-state index is 13.1. The van der Waals surface area contributed by atoms with E-state index in [4.69, 9.17) is 4.74 Å². The van der Waals surface area contributed by atoms with Crippen LogP contribution < -0.4 is 5.32 Å². The highest BCUT2D eigenvalue weighted by molar-refractivity contribution is 7.20. The second-order valence-electron chi connectivity index (χ2n) is 5.00. The first-order valence-corrected chi connectivity index (χ1v) is 7.15. The minimum absolute atomic E-state index is 0.161. The maximum Gasteiger partial charge on any atom is 0.261 e. The highest BCUT2D eigenvalue weighted by Gasteiger charge is 2.32. The van der Waals surface area contributed by atoms with Gasteiger partial charge in [0.25, 0.3) is 5.91 Å². The van der Waals surface area contributed by atoms with E-state index in [9.17, 15) is 14.3 Å². The number of nitrogens with one attached hydrogen (secondary N) is 1. The summed E-state index contributed by atoms with van der Waals surface area (Å²) in [7, 11) is 0. The fourth-order valence-electron chi connectivity index (χ4n) is 2.19. The van der Waals surface area contributed by atoms with Crippen LogP contribution in [0, 0.1) is 5.82 Å². The zero-order valence-corrected chi connectivity index (χ0v) is 11.5. The standard InChI is InChI=1S/C14H14FNO3S/c15-10-1-2-11-9(5-10)6-12(20-11)13(17)16-7-14(18)3-4-19-8-14/h1-2,5-6,18H,3-4,7-8H2,(H,16,17). The first-order chi connectivity index (χ1) is 9.56. The van der Waals surface area contributed by atoms with Crippen LogP contribution in [0.25, 0.3) is 10.1 Å². The first kappa shape index (κ1) is 13.5. The van der Waals surface area contributed by atoms with E-state index in [2.05, 4.69) is 5.32 Å². The van der Waals surface area contributed by atoms with Gasteiger partial charge >= 0.3 is 0 Å². The Labute approximate surface area is 119 Å². The SMILES string of the molecule is O=C(NCC1(O)CCOC1)c1cc2cc(F)ccc2s1. The van der Waals surface area contributed by atoms with Gasteiger partial charge in [-0.1, -0.05) is 0 Å². The van der Waals surface area contributed by atoms with Gasteiger partial charge < -0.3 is 15.2 Å². The van der Waals surface area contributed by atoms with Gasteiger partial charge in [0.15, 0.2) is 0 Å². The zero-order valence-electron chi connectivity index (χ0n) is 10.7. The lowest BCUT2D eigenvalue weighted by Crippen LogP contribution is -2.43. The molecule has 0 bridgehead atoms. The van der Waals surface area contributed by atoms with E-state index >= 15 is 0 Å². The molecule has 3 rings (SSSR count). The number of thiophene rings is 1. The van der Waals surface area contributed by atoms with Gasteiger partial charge in [-0.05, 0) is 29.7 Å². The lowest BCUT2D eigenvalue weighted by atomic mass is 10.0. The molecule has 2 N–H and O–H groups in total. The zero-order chi connectivity index (χ0) is 14.2. The van der Waals surface area contributed by atoms with E-state index in [0.29, 0.717) is 23.3 Å². The van der Waals surface area contributed by atoms with Crippen molar-refractivity contribution in [3.8, 4) is 0 Å². The number of benzene rings is 1. The fraction of sp³-hybridized carbons (Fsp3) is 0.357. The highest BCUT2D eigenvalue weighted by Crippen LogP contribution is 2.26. The van der Waals surface area contributed by atoms with Gasteiger partial charge in [0, 0.05) is 24.3 Å². The molecule has 0 saturated carbocycles. The second-order valence-corrected chi connectivity index (χ2v) is 6.09. The summed E-state index contributed by atoms with van der Waals surface area (Å²) in [6.45, 7) is 0.911. The molecule has 2 heterocycles. The Balaban J connectivity index is 1.72. The van der Waals surface area contributed by atoms with Crippen LogP contribution in [-0.2, 0) is 4.74 Å². The van der Waals surface area contributed by atoms with Crippen molar-refractivity contribution in [3.05, 3.63) is 35.0 Å². The largest absolute Gasteiger partial charge is 0.386 e. The predicted octanol–water partition coefficient (Wildman–Crippen LogP) is 1.92. The normalized spacial score (nSPS) is 22.3. The van der Waals surface area contributed by atoms with Gasteiger partial charge in [-0.2, -0.15) is 0 Å². The predicted molar refractivity (Wildman–Crippen MR) is 74.5 cm³/mol. The number of fused-ring (bicyclic) bond motifs is 1. The highest BCUT2D eigenvalue weighted by atomic mass is 32.1. The van der Waals surface area contributed by atoms with E-state index in [1.54, 1.807) is 12.1 Å². The fourth-order valence-corrected chi connectivity index (χ4v) is 3.15. The van der Waals surface area contributed by atoms with Crippen molar-refractivity contribution < 1.29 is 19.0 Å². The van der Waals surface area contributed by atoms with Gasteiger partial charge in [-0.15, -0.1) is 11.3 Å². The van der Waals surface area contributed by atoms with Crippen molar-refractivity contribution in [3.63, 3.8) is 0 Å².